The van der Waals surface area contributed by atoms with Gasteiger partial charge in [0.15, 0.2) is 0 Å². The lowest BCUT2D eigenvalue weighted by atomic mass is 9.96. The number of aromatic nitrogens is 2. The van der Waals surface area contributed by atoms with E-state index in [-0.39, 0.29) is 17.6 Å². The van der Waals surface area contributed by atoms with E-state index in [1.807, 2.05) is 4.90 Å². The maximum Gasteiger partial charge on any atom is 0.267 e. The Labute approximate surface area is 149 Å². The Bertz CT molecular complexity index is 754. The molecule has 3 rings (SSSR count). The topological polar surface area (TPSA) is 75.2 Å². The maximum atomic E-state index is 12.9. The maximum absolute atomic E-state index is 12.9. The molecule has 1 aliphatic heterocycles. The van der Waals surface area contributed by atoms with Crippen molar-refractivity contribution in [2.75, 3.05) is 19.6 Å². The molecule has 0 aliphatic carbocycles. The number of carbonyl (C=O) groups excluding carboxylic acids is 2. The molecule has 0 radical (unpaired) electrons. The largest absolute Gasteiger partial charge is 0.352 e. The first-order chi connectivity index (χ1) is 12.0. The Hall–Kier alpha value is -2.35. The lowest BCUT2D eigenvalue weighted by Crippen LogP contribution is -2.41. The summed E-state index contributed by atoms with van der Waals surface area (Å²) < 4.78 is 16.7. The Kier molecular flexibility index (Phi) is 5.37. The average molecular weight is 362 g/mol. The van der Waals surface area contributed by atoms with Crippen molar-refractivity contribution in [3.63, 3.8) is 0 Å². The van der Waals surface area contributed by atoms with Crippen molar-refractivity contribution in [1.29, 1.82) is 0 Å². The summed E-state index contributed by atoms with van der Waals surface area (Å²) >= 11 is 1.13. The van der Waals surface area contributed by atoms with E-state index in [4.69, 9.17) is 0 Å². The predicted octanol–water partition coefficient (Wildman–Crippen LogP) is 2.27. The number of hydrogen-bond acceptors (Lipinski definition) is 5. The van der Waals surface area contributed by atoms with Crippen molar-refractivity contribution < 1.29 is 14.0 Å². The van der Waals surface area contributed by atoms with Crippen LogP contribution in [0, 0.1) is 18.7 Å². The highest BCUT2D eigenvalue weighted by molar-refractivity contribution is 7.07. The normalized spacial score (nSPS) is 15.2. The standard InChI is InChI=1S/C17H19FN4O2S/c1-11-15(25-21-20-11)17(24)22-8-6-12(7-9-22)10-19-16(23)13-2-4-14(18)5-3-13/h2-5,12H,6-10H2,1H3,(H,19,23). The second-order valence-corrected chi connectivity index (χ2v) is 6.89. The molecule has 1 N–H and O–H groups in total. The number of nitrogens with one attached hydrogen (secondary N) is 1. The summed E-state index contributed by atoms with van der Waals surface area (Å²) in [5, 5.41) is 6.77. The average Bonchev–Trinajstić information content (AvgIpc) is 3.06. The summed E-state index contributed by atoms with van der Waals surface area (Å²) in [5.74, 6) is -0.250. The molecule has 1 aromatic heterocycles. The van der Waals surface area contributed by atoms with Gasteiger partial charge in [-0.15, -0.1) is 5.10 Å². The summed E-state index contributed by atoms with van der Waals surface area (Å²) in [6, 6.07) is 5.49. The Morgan fingerprint density at radius 3 is 2.56 bits per heavy atom. The van der Waals surface area contributed by atoms with Crippen molar-refractivity contribution in [3.8, 4) is 0 Å². The highest BCUT2D eigenvalue weighted by Gasteiger charge is 2.26. The van der Waals surface area contributed by atoms with E-state index in [9.17, 15) is 14.0 Å². The number of piperidine rings is 1. The first-order valence-electron chi connectivity index (χ1n) is 8.16. The Morgan fingerprint density at radius 1 is 1.28 bits per heavy atom. The van der Waals surface area contributed by atoms with E-state index >= 15 is 0 Å². The van der Waals surface area contributed by atoms with E-state index < -0.39 is 0 Å². The minimum Gasteiger partial charge on any atom is -0.352 e. The van der Waals surface area contributed by atoms with E-state index in [1.54, 1.807) is 6.92 Å². The quantitative estimate of drug-likeness (QED) is 0.905. The molecule has 0 saturated carbocycles. The van der Waals surface area contributed by atoms with Gasteiger partial charge < -0.3 is 10.2 Å². The zero-order valence-corrected chi connectivity index (χ0v) is 14.7. The zero-order chi connectivity index (χ0) is 17.8. The number of amides is 2. The number of nitrogens with zero attached hydrogens (tertiary/aromatic N) is 3. The third-order valence-corrected chi connectivity index (χ3v) is 5.22. The van der Waals surface area contributed by atoms with Crippen LogP contribution in [0.25, 0.3) is 0 Å². The molecule has 8 heteroatoms. The Balaban J connectivity index is 1.46. The van der Waals surface area contributed by atoms with Crippen LogP contribution in [0.15, 0.2) is 24.3 Å². The monoisotopic (exact) mass is 362 g/mol. The van der Waals surface area contributed by atoms with Crippen LogP contribution in [-0.2, 0) is 0 Å². The van der Waals surface area contributed by atoms with Crippen molar-refractivity contribution in [3.05, 3.63) is 46.2 Å². The van der Waals surface area contributed by atoms with Gasteiger partial charge in [-0.25, -0.2) is 4.39 Å². The molecule has 2 aromatic rings. The van der Waals surface area contributed by atoms with Crippen LogP contribution in [0.3, 0.4) is 0 Å². The number of carbonyl (C=O) groups is 2. The predicted molar refractivity (Wildman–Crippen MR) is 92.0 cm³/mol. The first-order valence-corrected chi connectivity index (χ1v) is 8.94. The molecule has 6 nitrogen and oxygen atoms in total. The van der Waals surface area contributed by atoms with Crippen molar-refractivity contribution in [2.45, 2.75) is 19.8 Å². The Morgan fingerprint density at radius 2 is 1.96 bits per heavy atom. The second-order valence-electron chi connectivity index (χ2n) is 6.14. The highest BCUT2D eigenvalue weighted by Crippen LogP contribution is 2.20. The molecule has 1 aromatic carbocycles. The van der Waals surface area contributed by atoms with Crippen LogP contribution >= 0.6 is 11.5 Å². The van der Waals surface area contributed by atoms with Gasteiger partial charge in [-0.1, -0.05) is 4.49 Å². The number of rotatable bonds is 4. The fourth-order valence-electron chi connectivity index (χ4n) is 2.85. The van der Waals surface area contributed by atoms with Gasteiger partial charge >= 0.3 is 0 Å². The number of halogens is 1. The van der Waals surface area contributed by atoms with Gasteiger partial charge in [-0.2, -0.15) is 0 Å². The number of likely N-dealkylation sites (tertiary alicyclic amines) is 1. The first kappa shape index (κ1) is 17.5. The van der Waals surface area contributed by atoms with Crippen LogP contribution in [0.2, 0.25) is 0 Å². The minimum absolute atomic E-state index is 0.0127. The number of benzene rings is 1. The molecule has 1 fully saturated rings. The van der Waals surface area contributed by atoms with Crippen molar-refractivity contribution >= 4 is 23.3 Å². The molecule has 0 unspecified atom stereocenters. The van der Waals surface area contributed by atoms with E-state index in [1.165, 1.54) is 24.3 Å². The summed E-state index contributed by atoms with van der Waals surface area (Å²) in [6.07, 6.45) is 1.67. The van der Waals surface area contributed by atoms with Crippen LogP contribution in [0.1, 0.15) is 38.6 Å². The molecule has 1 saturated heterocycles. The second kappa shape index (κ2) is 7.69. The lowest BCUT2D eigenvalue weighted by Gasteiger charge is -2.31. The number of hydrogen-bond donors (Lipinski definition) is 1. The summed E-state index contributed by atoms with van der Waals surface area (Å²) in [6.45, 7) is 3.66. The summed E-state index contributed by atoms with van der Waals surface area (Å²) in [5.41, 5.74) is 1.12. The van der Waals surface area contributed by atoms with Gasteiger partial charge in [-0.3, -0.25) is 9.59 Å². The fourth-order valence-corrected chi connectivity index (χ4v) is 3.48. The SMILES string of the molecule is Cc1nnsc1C(=O)N1CCC(CNC(=O)c2ccc(F)cc2)CC1. The third-order valence-electron chi connectivity index (χ3n) is 4.41. The molecule has 132 valence electrons. The van der Waals surface area contributed by atoms with Crippen LogP contribution in [0.4, 0.5) is 4.39 Å². The molecule has 2 heterocycles. The van der Waals surface area contributed by atoms with Gasteiger partial charge in [0, 0.05) is 25.2 Å². The van der Waals surface area contributed by atoms with Crippen LogP contribution in [-0.4, -0.2) is 45.9 Å². The van der Waals surface area contributed by atoms with Crippen molar-refractivity contribution in [1.82, 2.24) is 19.8 Å². The van der Waals surface area contributed by atoms with Gasteiger partial charge in [0.2, 0.25) is 0 Å². The molecule has 1 aliphatic rings. The minimum atomic E-state index is -0.361. The summed E-state index contributed by atoms with van der Waals surface area (Å²) in [4.78, 5) is 26.9. The van der Waals surface area contributed by atoms with Crippen LogP contribution in [0.5, 0.6) is 0 Å². The van der Waals surface area contributed by atoms with Gasteiger partial charge in [0.1, 0.15) is 10.7 Å². The van der Waals surface area contributed by atoms with E-state index in [0.29, 0.717) is 41.7 Å². The van der Waals surface area contributed by atoms with E-state index in [2.05, 4.69) is 14.9 Å². The molecule has 0 spiro atoms. The highest BCUT2D eigenvalue weighted by atomic mass is 32.1. The lowest BCUT2D eigenvalue weighted by molar-refractivity contribution is 0.0688. The fraction of sp³-hybridized carbons (Fsp3) is 0.412. The van der Waals surface area contributed by atoms with Gasteiger partial charge in [0.25, 0.3) is 11.8 Å². The molecular weight excluding hydrogens is 343 g/mol. The molecule has 0 bridgehead atoms. The smallest absolute Gasteiger partial charge is 0.267 e. The third kappa shape index (κ3) is 4.19. The van der Waals surface area contributed by atoms with E-state index in [0.717, 1.165) is 24.4 Å². The molecular formula is C17H19FN4O2S. The summed E-state index contributed by atoms with van der Waals surface area (Å²) in [7, 11) is 0. The van der Waals surface area contributed by atoms with Gasteiger partial charge in [0.05, 0.1) is 5.69 Å². The zero-order valence-electron chi connectivity index (χ0n) is 13.9. The van der Waals surface area contributed by atoms with Crippen LogP contribution < -0.4 is 5.32 Å². The molecule has 25 heavy (non-hydrogen) atoms. The molecule has 0 atom stereocenters. The number of aryl methyl sites for hydroxylation is 1. The van der Waals surface area contributed by atoms with Gasteiger partial charge in [-0.05, 0) is 61.5 Å². The molecule has 2 amide bonds. The van der Waals surface area contributed by atoms with Crippen molar-refractivity contribution in [2.24, 2.45) is 5.92 Å².